The molecule has 1 fully saturated rings. The van der Waals surface area contributed by atoms with Crippen molar-refractivity contribution in [2.45, 2.75) is 32.1 Å². The molecule has 1 amide bonds. The number of cyclic esters (lactones) is 1. The van der Waals surface area contributed by atoms with Gasteiger partial charge in [0.2, 0.25) is 0 Å². The van der Waals surface area contributed by atoms with Gasteiger partial charge in [0.25, 0.3) is 0 Å². The van der Waals surface area contributed by atoms with Crippen LogP contribution in [-0.2, 0) is 17.8 Å². The molecule has 0 unspecified atom stereocenters. The number of nitrogens with zero attached hydrogens (tertiary/aromatic N) is 1. The fourth-order valence-electron chi connectivity index (χ4n) is 4.36. The lowest BCUT2D eigenvalue weighted by molar-refractivity contribution is 0.129. The number of nitrogens with one attached hydrogen (secondary N) is 1. The second kappa shape index (κ2) is 9.20. The van der Waals surface area contributed by atoms with Crippen molar-refractivity contribution >= 4 is 28.6 Å². The van der Waals surface area contributed by atoms with E-state index in [2.05, 4.69) is 18.0 Å². The van der Waals surface area contributed by atoms with Gasteiger partial charge in [0.05, 0.1) is 12.1 Å². The number of para-hydroxylation sites is 1. The number of halogens is 1. The molecule has 1 saturated heterocycles. The predicted octanol–water partition coefficient (Wildman–Crippen LogP) is 6.52. The molecule has 1 N–H and O–H groups in total. The van der Waals surface area contributed by atoms with Gasteiger partial charge in [0, 0.05) is 22.6 Å². The molecule has 1 aliphatic heterocycles. The number of aromatic nitrogens is 1. The normalized spacial score (nSPS) is 16.7. The third kappa shape index (κ3) is 4.55. The van der Waals surface area contributed by atoms with Crippen LogP contribution in [0.1, 0.15) is 29.7 Å². The van der Waals surface area contributed by atoms with Crippen LogP contribution in [0.25, 0.3) is 10.9 Å². The Morgan fingerprint density at radius 2 is 1.94 bits per heavy atom. The highest BCUT2D eigenvalue weighted by Gasteiger charge is 2.35. The summed E-state index contributed by atoms with van der Waals surface area (Å²) in [5.41, 5.74) is 4.15. The summed E-state index contributed by atoms with van der Waals surface area (Å²) in [4.78, 5) is 17.8. The van der Waals surface area contributed by atoms with Crippen LogP contribution in [0.15, 0.2) is 79.0 Å². The minimum atomic E-state index is -0.306. The van der Waals surface area contributed by atoms with Gasteiger partial charge in [-0.25, -0.2) is 4.79 Å². The fraction of sp³-hybridized carbons (Fsp3) is 0.222. The fourth-order valence-corrected chi connectivity index (χ4v) is 4.56. The van der Waals surface area contributed by atoms with E-state index < -0.39 is 0 Å². The first kappa shape index (κ1) is 21.4. The maximum atomic E-state index is 12.6. The Hall–Kier alpha value is -3.44. The van der Waals surface area contributed by atoms with E-state index in [0.717, 1.165) is 33.3 Å². The van der Waals surface area contributed by atoms with Crippen molar-refractivity contribution in [3.05, 3.63) is 101 Å². The summed E-state index contributed by atoms with van der Waals surface area (Å²) in [6, 6.07) is 23.6. The maximum Gasteiger partial charge on any atom is 0.410 e. The predicted molar refractivity (Wildman–Crippen MR) is 130 cm³/mol. The van der Waals surface area contributed by atoms with Gasteiger partial charge < -0.3 is 19.4 Å². The van der Waals surface area contributed by atoms with Gasteiger partial charge in [-0.1, -0.05) is 66.2 Å². The number of aromatic amines is 1. The summed E-state index contributed by atoms with van der Waals surface area (Å²) in [6.45, 7) is 3.07. The third-order valence-corrected chi connectivity index (χ3v) is 6.34. The molecule has 6 heteroatoms. The van der Waals surface area contributed by atoms with Crippen LogP contribution >= 0.6 is 11.6 Å². The number of carbonyl (C=O) groups excluding carboxylic acids is 1. The topological polar surface area (TPSA) is 54.6 Å². The number of rotatable bonds is 7. The first-order chi connectivity index (χ1) is 16.1. The van der Waals surface area contributed by atoms with Crippen LogP contribution < -0.4 is 4.74 Å². The standard InChI is InChI=1S/C27H25ClN2O3/c1-18(30-16-25(33-27(30)31)20-9-5-10-22(28)14-20)13-21-15-29-26-23(21)11-6-12-24(26)32-17-19-7-3-2-4-8-19/h2-12,14-15,18,25,29H,13,16-17H2,1H3/t18-,25-/m0/s1. The lowest BCUT2D eigenvalue weighted by Crippen LogP contribution is -2.35. The van der Waals surface area contributed by atoms with Crippen molar-refractivity contribution in [1.82, 2.24) is 9.88 Å². The first-order valence-corrected chi connectivity index (χ1v) is 11.4. The van der Waals surface area contributed by atoms with Crippen LogP contribution in [0.3, 0.4) is 0 Å². The summed E-state index contributed by atoms with van der Waals surface area (Å²) < 4.78 is 11.7. The van der Waals surface area contributed by atoms with Crippen molar-refractivity contribution in [2.24, 2.45) is 0 Å². The van der Waals surface area contributed by atoms with Gasteiger partial charge in [-0.3, -0.25) is 0 Å². The minimum absolute atomic E-state index is 0.0189. The quantitative estimate of drug-likeness (QED) is 0.341. The molecule has 0 bridgehead atoms. The molecule has 0 saturated carbocycles. The van der Waals surface area contributed by atoms with Crippen LogP contribution in [0.2, 0.25) is 5.02 Å². The molecular weight excluding hydrogens is 436 g/mol. The second-order valence-electron chi connectivity index (χ2n) is 8.40. The molecule has 4 aromatic rings. The first-order valence-electron chi connectivity index (χ1n) is 11.1. The van der Waals surface area contributed by atoms with E-state index >= 15 is 0 Å². The Morgan fingerprint density at radius 3 is 2.76 bits per heavy atom. The molecule has 168 valence electrons. The number of ether oxygens (including phenoxy) is 2. The maximum absolute atomic E-state index is 12.6. The second-order valence-corrected chi connectivity index (χ2v) is 8.84. The van der Waals surface area contributed by atoms with Crippen molar-refractivity contribution in [2.75, 3.05) is 6.54 Å². The summed E-state index contributed by atoms with van der Waals surface area (Å²) in [5.74, 6) is 0.817. The van der Waals surface area contributed by atoms with Crippen LogP contribution in [-0.4, -0.2) is 28.6 Å². The summed E-state index contributed by atoms with van der Waals surface area (Å²) in [6.07, 6.45) is 2.12. The third-order valence-electron chi connectivity index (χ3n) is 6.11. The Bertz CT molecular complexity index is 1270. The van der Waals surface area contributed by atoms with Gasteiger partial charge in [0.15, 0.2) is 0 Å². The molecule has 33 heavy (non-hydrogen) atoms. The Kier molecular flexibility index (Phi) is 5.97. The van der Waals surface area contributed by atoms with Gasteiger partial charge in [-0.15, -0.1) is 0 Å². The molecule has 3 aromatic carbocycles. The summed E-state index contributed by atoms with van der Waals surface area (Å²) in [5, 5.41) is 1.74. The molecule has 0 radical (unpaired) electrons. The summed E-state index contributed by atoms with van der Waals surface area (Å²) in [7, 11) is 0. The zero-order valence-electron chi connectivity index (χ0n) is 18.3. The van der Waals surface area contributed by atoms with Gasteiger partial charge >= 0.3 is 6.09 Å². The van der Waals surface area contributed by atoms with Gasteiger partial charge in [0.1, 0.15) is 18.5 Å². The van der Waals surface area contributed by atoms with Gasteiger partial charge in [-0.2, -0.15) is 0 Å². The SMILES string of the molecule is C[C@@H](Cc1c[nH]c2c(OCc3ccccc3)cccc12)N1C[C@@H](c2cccc(Cl)c2)OC1=O. The highest BCUT2D eigenvalue weighted by atomic mass is 35.5. The molecular formula is C27H25ClN2O3. The average molecular weight is 461 g/mol. The lowest BCUT2D eigenvalue weighted by Gasteiger charge is -2.21. The van der Waals surface area contributed by atoms with Crippen molar-refractivity contribution in [3.8, 4) is 5.75 Å². The number of H-pyrrole nitrogens is 1. The van der Waals surface area contributed by atoms with E-state index in [4.69, 9.17) is 21.1 Å². The number of hydrogen-bond donors (Lipinski definition) is 1. The smallest absolute Gasteiger partial charge is 0.410 e. The number of amides is 1. The molecule has 0 spiro atoms. The molecule has 1 aliphatic rings. The molecule has 2 heterocycles. The van der Waals surface area contributed by atoms with E-state index in [1.807, 2.05) is 72.9 Å². The zero-order chi connectivity index (χ0) is 22.8. The minimum Gasteiger partial charge on any atom is -0.487 e. The largest absolute Gasteiger partial charge is 0.487 e. The van der Waals surface area contributed by atoms with Crippen LogP contribution in [0, 0.1) is 0 Å². The Labute approximate surface area is 197 Å². The van der Waals surface area contributed by atoms with E-state index in [-0.39, 0.29) is 18.2 Å². The van der Waals surface area contributed by atoms with Crippen molar-refractivity contribution < 1.29 is 14.3 Å². The van der Waals surface area contributed by atoms with E-state index in [0.29, 0.717) is 24.6 Å². The Balaban J connectivity index is 1.29. The lowest BCUT2D eigenvalue weighted by atomic mass is 10.0. The zero-order valence-corrected chi connectivity index (χ0v) is 19.1. The molecule has 5 nitrogen and oxygen atoms in total. The van der Waals surface area contributed by atoms with Crippen LogP contribution in [0.4, 0.5) is 4.79 Å². The van der Waals surface area contributed by atoms with Crippen molar-refractivity contribution in [3.63, 3.8) is 0 Å². The van der Waals surface area contributed by atoms with Gasteiger partial charge in [-0.05, 0) is 48.2 Å². The number of benzene rings is 3. The molecule has 1 aromatic heterocycles. The molecule has 2 atom stereocenters. The van der Waals surface area contributed by atoms with E-state index in [9.17, 15) is 4.79 Å². The van der Waals surface area contributed by atoms with E-state index in [1.165, 1.54) is 0 Å². The monoisotopic (exact) mass is 460 g/mol. The summed E-state index contributed by atoms with van der Waals surface area (Å²) >= 11 is 6.11. The van der Waals surface area contributed by atoms with Crippen LogP contribution in [0.5, 0.6) is 5.75 Å². The Morgan fingerprint density at radius 1 is 1.12 bits per heavy atom. The number of fused-ring (bicyclic) bond motifs is 1. The molecule has 5 rings (SSSR count). The van der Waals surface area contributed by atoms with E-state index in [1.54, 1.807) is 4.90 Å². The number of carbonyl (C=O) groups is 1. The highest BCUT2D eigenvalue weighted by Crippen LogP contribution is 2.32. The van der Waals surface area contributed by atoms with Crippen molar-refractivity contribution in [1.29, 1.82) is 0 Å². The average Bonchev–Trinajstić information content (AvgIpc) is 3.42. The number of hydrogen-bond acceptors (Lipinski definition) is 3. The molecule has 0 aliphatic carbocycles. The highest BCUT2D eigenvalue weighted by molar-refractivity contribution is 6.30.